The highest BCUT2D eigenvalue weighted by molar-refractivity contribution is 5.89. The van der Waals surface area contributed by atoms with Crippen LogP contribution in [-0.2, 0) is 9.53 Å². The molecule has 3 amide bonds. The minimum Gasteiger partial charge on any atom is -0.388 e. The molecule has 1 saturated heterocycles. The summed E-state index contributed by atoms with van der Waals surface area (Å²) in [6, 6.07) is 8.73. The maximum atomic E-state index is 11.9. The highest BCUT2D eigenvalue weighted by Gasteiger charge is 2.43. The van der Waals surface area contributed by atoms with E-state index >= 15 is 0 Å². The quantitative estimate of drug-likeness (QED) is 0.494. The van der Waals surface area contributed by atoms with Gasteiger partial charge < -0.3 is 30.9 Å². The molecule has 1 heterocycles. The van der Waals surface area contributed by atoms with Crippen molar-refractivity contribution in [3.63, 3.8) is 0 Å². The molecule has 0 radical (unpaired) electrons. The molecule has 1 saturated carbocycles. The van der Waals surface area contributed by atoms with Crippen molar-refractivity contribution < 1.29 is 24.5 Å². The summed E-state index contributed by atoms with van der Waals surface area (Å²) in [5.74, 6) is -0.200. The monoisotopic (exact) mass is 349 g/mol. The fourth-order valence-corrected chi connectivity index (χ4v) is 2.75. The minimum atomic E-state index is -1.16. The molecule has 136 valence electrons. The summed E-state index contributed by atoms with van der Waals surface area (Å²) in [4.78, 5) is 23.7. The number of benzene rings is 1. The summed E-state index contributed by atoms with van der Waals surface area (Å²) in [6.45, 7) is 0.0254. The fraction of sp³-hybridized carbons (Fsp3) is 0.529. The molecular weight excluding hydrogens is 326 g/mol. The molecule has 1 aliphatic carbocycles. The van der Waals surface area contributed by atoms with Crippen LogP contribution in [0.4, 0.5) is 10.5 Å². The van der Waals surface area contributed by atoms with Crippen LogP contribution in [0.3, 0.4) is 0 Å². The zero-order chi connectivity index (χ0) is 17.8. The van der Waals surface area contributed by atoms with Crippen LogP contribution in [0.15, 0.2) is 30.3 Å². The lowest BCUT2D eigenvalue weighted by atomic mass is 10.1. The lowest BCUT2D eigenvalue weighted by Crippen LogP contribution is -2.41. The van der Waals surface area contributed by atoms with Crippen molar-refractivity contribution in [3.8, 4) is 0 Å². The van der Waals surface area contributed by atoms with Crippen LogP contribution in [0.2, 0.25) is 0 Å². The number of urea groups is 1. The van der Waals surface area contributed by atoms with Crippen molar-refractivity contribution in [2.24, 2.45) is 0 Å². The number of amides is 3. The Morgan fingerprint density at radius 2 is 1.76 bits per heavy atom. The second-order valence-electron chi connectivity index (χ2n) is 6.44. The first-order chi connectivity index (χ1) is 12.0. The second kappa shape index (κ2) is 7.81. The zero-order valence-electron chi connectivity index (χ0n) is 13.7. The van der Waals surface area contributed by atoms with Crippen molar-refractivity contribution in [2.45, 2.75) is 49.7 Å². The van der Waals surface area contributed by atoms with Gasteiger partial charge in [0.1, 0.15) is 18.3 Å². The molecule has 4 atom stereocenters. The van der Waals surface area contributed by atoms with Crippen LogP contribution >= 0.6 is 0 Å². The van der Waals surface area contributed by atoms with E-state index in [1.165, 1.54) is 0 Å². The first-order valence-electron chi connectivity index (χ1n) is 8.44. The first-order valence-corrected chi connectivity index (χ1v) is 8.44. The number of carbonyl (C=O) groups excluding carboxylic acids is 2. The predicted molar refractivity (Wildman–Crippen MR) is 89.9 cm³/mol. The maximum absolute atomic E-state index is 11.9. The number of aliphatic hydroxyl groups excluding tert-OH is 2. The maximum Gasteiger partial charge on any atom is 0.319 e. The number of ether oxygens (including phenoxy) is 1. The molecule has 8 heteroatoms. The lowest BCUT2D eigenvalue weighted by molar-refractivity contribution is -0.125. The SMILES string of the molecule is O=C(C[C@@H]1O[C@@H](CNC(=O)Nc2ccccc2)[C@@H](O)[C@H]1O)NC1CC1. The van der Waals surface area contributed by atoms with Gasteiger partial charge in [0.05, 0.1) is 12.5 Å². The van der Waals surface area contributed by atoms with E-state index in [9.17, 15) is 19.8 Å². The van der Waals surface area contributed by atoms with Crippen LogP contribution in [0.1, 0.15) is 19.3 Å². The lowest BCUT2D eigenvalue weighted by Gasteiger charge is -2.15. The van der Waals surface area contributed by atoms with E-state index in [1.807, 2.05) is 6.07 Å². The van der Waals surface area contributed by atoms with Gasteiger partial charge in [0, 0.05) is 18.3 Å². The Labute approximate surface area is 145 Å². The third kappa shape index (κ3) is 4.91. The van der Waals surface area contributed by atoms with Crippen molar-refractivity contribution in [2.75, 3.05) is 11.9 Å². The molecule has 0 bridgehead atoms. The number of nitrogens with one attached hydrogen (secondary N) is 3. The molecule has 8 nitrogen and oxygen atoms in total. The molecule has 0 aromatic heterocycles. The van der Waals surface area contributed by atoms with Crippen LogP contribution in [0, 0.1) is 0 Å². The summed E-state index contributed by atoms with van der Waals surface area (Å²) >= 11 is 0. The van der Waals surface area contributed by atoms with Crippen molar-refractivity contribution >= 4 is 17.6 Å². The summed E-state index contributed by atoms with van der Waals surface area (Å²) in [7, 11) is 0. The van der Waals surface area contributed by atoms with Gasteiger partial charge in [0.2, 0.25) is 5.91 Å². The number of hydrogen-bond acceptors (Lipinski definition) is 5. The van der Waals surface area contributed by atoms with E-state index in [1.54, 1.807) is 24.3 Å². The number of carbonyl (C=O) groups is 2. The van der Waals surface area contributed by atoms with Gasteiger partial charge in [0.25, 0.3) is 0 Å². The average Bonchev–Trinajstić information content (AvgIpc) is 3.36. The van der Waals surface area contributed by atoms with Gasteiger partial charge in [-0.05, 0) is 25.0 Å². The first kappa shape index (κ1) is 17.7. The molecular formula is C17H23N3O5. The third-order valence-corrected chi connectivity index (χ3v) is 4.29. The summed E-state index contributed by atoms with van der Waals surface area (Å²) in [6.07, 6.45) is -1.92. The molecule has 1 aromatic carbocycles. The highest BCUT2D eigenvalue weighted by Crippen LogP contribution is 2.24. The van der Waals surface area contributed by atoms with Crippen LogP contribution in [-0.4, -0.2) is 59.2 Å². The van der Waals surface area contributed by atoms with Crippen molar-refractivity contribution in [3.05, 3.63) is 30.3 Å². The van der Waals surface area contributed by atoms with Crippen LogP contribution in [0.25, 0.3) is 0 Å². The topological polar surface area (TPSA) is 120 Å². The Morgan fingerprint density at radius 1 is 1.08 bits per heavy atom. The molecule has 2 aliphatic rings. The van der Waals surface area contributed by atoms with E-state index in [4.69, 9.17) is 4.74 Å². The molecule has 3 rings (SSSR count). The largest absolute Gasteiger partial charge is 0.388 e. The molecule has 0 unspecified atom stereocenters. The Morgan fingerprint density at radius 3 is 2.44 bits per heavy atom. The summed E-state index contributed by atoms with van der Waals surface area (Å²) in [5, 5.41) is 28.2. The van der Waals surface area contributed by atoms with Crippen LogP contribution in [0.5, 0.6) is 0 Å². The van der Waals surface area contributed by atoms with Crippen LogP contribution < -0.4 is 16.0 Å². The van der Waals surface area contributed by atoms with E-state index in [2.05, 4.69) is 16.0 Å². The Hall–Kier alpha value is -2.16. The average molecular weight is 349 g/mol. The van der Waals surface area contributed by atoms with E-state index < -0.39 is 30.4 Å². The number of para-hydroxylation sites is 1. The Balaban J connectivity index is 1.44. The van der Waals surface area contributed by atoms with Gasteiger partial charge in [-0.2, -0.15) is 0 Å². The second-order valence-corrected chi connectivity index (χ2v) is 6.44. The number of rotatable bonds is 6. The molecule has 5 N–H and O–H groups in total. The van der Waals surface area contributed by atoms with Gasteiger partial charge in [-0.25, -0.2) is 4.79 Å². The number of anilines is 1. The molecule has 25 heavy (non-hydrogen) atoms. The molecule has 1 aliphatic heterocycles. The van der Waals surface area contributed by atoms with Crippen molar-refractivity contribution in [1.29, 1.82) is 0 Å². The van der Waals surface area contributed by atoms with E-state index in [0.29, 0.717) is 5.69 Å². The van der Waals surface area contributed by atoms with Crippen molar-refractivity contribution in [1.82, 2.24) is 10.6 Å². The molecule has 2 fully saturated rings. The summed E-state index contributed by atoms with van der Waals surface area (Å²) in [5.41, 5.74) is 0.641. The predicted octanol–water partition coefficient (Wildman–Crippen LogP) is -0.0340. The smallest absolute Gasteiger partial charge is 0.319 e. The standard InChI is InChI=1S/C17H23N3O5/c21-14(19-11-6-7-11)8-12-15(22)16(23)13(25-12)9-18-17(24)20-10-4-2-1-3-5-10/h1-5,11-13,15-16,22-23H,6-9H2,(H,19,21)(H2,18,20,24)/t12-,13-,15-,16+/m0/s1. The van der Waals surface area contributed by atoms with Gasteiger partial charge >= 0.3 is 6.03 Å². The van der Waals surface area contributed by atoms with E-state index in [0.717, 1.165) is 12.8 Å². The summed E-state index contributed by atoms with van der Waals surface area (Å²) < 4.78 is 5.56. The van der Waals surface area contributed by atoms with Gasteiger partial charge in [-0.3, -0.25) is 4.79 Å². The highest BCUT2D eigenvalue weighted by atomic mass is 16.5. The normalized spacial score (nSPS) is 28.4. The van der Waals surface area contributed by atoms with Gasteiger partial charge in [0.15, 0.2) is 0 Å². The zero-order valence-corrected chi connectivity index (χ0v) is 13.7. The Bertz CT molecular complexity index is 608. The fourth-order valence-electron chi connectivity index (χ4n) is 2.75. The van der Waals surface area contributed by atoms with Gasteiger partial charge in [-0.1, -0.05) is 18.2 Å². The molecule has 1 aromatic rings. The Kier molecular flexibility index (Phi) is 5.52. The van der Waals surface area contributed by atoms with E-state index in [-0.39, 0.29) is 24.9 Å². The third-order valence-electron chi connectivity index (χ3n) is 4.29. The minimum absolute atomic E-state index is 0.0125. The number of hydrogen-bond donors (Lipinski definition) is 5. The molecule has 0 spiro atoms. The number of aliphatic hydroxyl groups is 2. The van der Waals surface area contributed by atoms with Gasteiger partial charge in [-0.15, -0.1) is 0 Å².